The highest BCUT2D eigenvalue weighted by molar-refractivity contribution is 7.91. The van der Waals surface area contributed by atoms with Gasteiger partial charge in [-0.3, -0.25) is 9.59 Å². The van der Waals surface area contributed by atoms with Crippen LogP contribution in [0.25, 0.3) is 0 Å². The first-order valence-electron chi connectivity index (χ1n) is 9.77. The third-order valence-corrected chi connectivity index (χ3v) is 8.15. The summed E-state index contributed by atoms with van der Waals surface area (Å²) in [7, 11) is -2.06. The highest BCUT2D eigenvalue weighted by Crippen LogP contribution is 2.31. The van der Waals surface area contributed by atoms with Crippen LogP contribution in [-0.4, -0.2) is 51.3 Å². The molecular formula is C20H25N3O6S2. The first-order valence-corrected chi connectivity index (χ1v) is 12.0. The van der Waals surface area contributed by atoms with Gasteiger partial charge in [-0.15, -0.1) is 11.3 Å². The third-order valence-electron chi connectivity index (χ3n) is 4.70. The molecule has 0 unspecified atom stereocenters. The number of nitrogens with two attached hydrogens (primary N) is 1. The Kier molecular flexibility index (Phi) is 7.52. The van der Waals surface area contributed by atoms with Crippen LogP contribution in [0.1, 0.15) is 24.1 Å². The SMILES string of the molecule is COc1ccc(NC(=O)Cc2ccc(S(=O)(=O)N3CCCCC3)s2)cc1OCC(N)=O. The van der Waals surface area contributed by atoms with Gasteiger partial charge in [-0.05, 0) is 37.1 Å². The zero-order valence-electron chi connectivity index (χ0n) is 17.1. The lowest BCUT2D eigenvalue weighted by Crippen LogP contribution is -2.35. The van der Waals surface area contributed by atoms with Crippen LogP contribution >= 0.6 is 11.3 Å². The Morgan fingerprint density at radius 2 is 1.87 bits per heavy atom. The molecule has 3 rings (SSSR count). The first-order chi connectivity index (χ1) is 14.8. The maximum absolute atomic E-state index is 12.8. The van der Waals surface area contributed by atoms with Crippen LogP contribution in [0.3, 0.4) is 0 Å². The topological polar surface area (TPSA) is 128 Å². The van der Waals surface area contributed by atoms with Crippen LogP contribution in [0.2, 0.25) is 0 Å². The van der Waals surface area contributed by atoms with E-state index in [-0.39, 0.29) is 28.9 Å². The van der Waals surface area contributed by atoms with Crippen LogP contribution < -0.4 is 20.5 Å². The van der Waals surface area contributed by atoms with E-state index in [9.17, 15) is 18.0 Å². The van der Waals surface area contributed by atoms with Gasteiger partial charge >= 0.3 is 0 Å². The van der Waals surface area contributed by atoms with Gasteiger partial charge in [0.15, 0.2) is 18.1 Å². The zero-order chi connectivity index (χ0) is 22.4. The minimum atomic E-state index is -3.51. The molecule has 0 saturated carbocycles. The molecular weight excluding hydrogens is 442 g/mol. The van der Waals surface area contributed by atoms with Gasteiger partial charge in [0, 0.05) is 29.7 Å². The standard InChI is InChI=1S/C20H25N3O6S2/c1-28-16-7-5-14(11-17(16)29-13-18(21)24)22-19(25)12-15-6-8-20(30-15)31(26,27)23-9-3-2-4-10-23/h5-8,11H,2-4,9-10,12-13H2,1H3,(H2,21,24)(H,22,25). The minimum absolute atomic E-state index is 0.0314. The summed E-state index contributed by atoms with van der Waals surface area (Å²) in [5.74, 6) is -0.283. The lowest BCUT2D eigenvalue weighted by Gasteiger charge is -2.25. The molecule has 3 N–H and O–H groups in total. The van der Waals surface area contributed by atoms with Gasteiger partial charge < -0.3 is 20.5 Å². The van der Waals surface area contributed by atoms with Crippen LogP contribution in [-0.2, 0) is 26.0 Å². The van der Waals surface area contributed by atoms with Crippen molar-refractivity contribution < 1.29 is 27.5 Å². The molecule has 0 spiro atoms. The molecule has 9 nitrogen and oxygen atoms in total. The van der Waals surface area contributed by atoms with Gasteiger partial charge in [0.25, 0.3) is 15.9 Å². The molecule has 0 bridgehead atoms. The monoisotopic (exact) mass is 467 g/mol. The van der Waals surface area contributed by atoms with Crippen molar-refractivity contribution >= 4 is 38.9 Å². The number of rotatable bonds is 9. The number of nitrogens with one attached hydrogen (secondary N) is 1. The van der Waals surface area contributed by atoms with E-state index in [1.165, 1.54) is 17.5 Å². The van der Waals surface area contributed by atoms with E-state index in [0.717, 1.165) is 30.6 Å². The minimum Gasteiger partial charge on any atom is -0.493 e. The lowest BCUT2D eigenvalue weighted by atomic mass is 10.2. The highest BCUT2D eigenvalue weighted by Gasteiger charge is 2.27. The van der Waals surface area contributed by atoms with Crippen molar-refractivity contribution in [3.05, 3.63) is 35.2 Å². The van der Waals surface area contributed by atoms with Gasteiger partial charge in [-0.2, -0.15) is 4.31 Å². The highest BCUT2D eigenvalue weighted by atomic mass is 32.2. The van der Waals surface area contributed by atoms with Crippen LogP contribution in [0.5, 0.6) is 11.5 Å². The van der Waals surface area contributed by atoms with Crippen molar-refractivity contribution in [3.63, 3.8) is 0 Å². The Balaban J connectivity index is 1.65. The van der Waals surface area contributed by atoms with Gasteiger partial charge in [-0.1, -0.05) is 6.42 Å². The second-order valence-corrected chi connectivity index (χ2v) is 10.4. The van der Waals surface area contributed by atoms with Gasteiger partial charge in [0.2, 0.25) is 5.91 Å². The fourth-order valence-corrected chi connectivity index (χ4v) is 6.23. The Morgan fingerprint density at radius 1 is 1.13 bits per heavy atom. The van der Waals surface area contributed by atoms with E-state index >= 15 is 0 Å². The van der Waals surface area contributed by atoms with E-state index in [1.807, 2.05) is 0 Å². The number of thiophene rings is 1. The maximum atomic E-state index is 12.8. The first kappa shape index (κ1) is 23.0. The average molecular weight is 468 g/mol. The summed E-state index contributed by atoms with van der Waals surface area (Å²) in [6, 6.07) is 7.98. The maximum Gasteiger partial charge on any atom is 0.255 e. The molecule has 1 fully saturated rings. The number of hydrogen-bond acceptors (Lipinski definition) is 7. The van der Waals surface area contributed by atoms with Gasteiger partial charge in [0.05, 0.1) is 13.5 Å². The summed E-state index contributed by atoms with van der Waals surface area (Å²) in [5, 5.41) is 2.74. The number of carbonyl (C=O) groups is 2. The number of ether oxygens (including phenoxy) is 2. The molecule has 0 aliphatic carbocycles. The predicted molar refractivity (Wildman–Crippen MR) is 117 cm³/mol. The molecule has 1 aromatic heterocycles. The van der Waals surface area contributed by atoms with Crippen LogP contribution in [0, 0.1) is 0 Å². The number of amides is 2. The molecule has 1 aromatic carbocycles. The van der Waals surface area contributed by atoms with E-state index in [4.69, 9.17) is 15.2 Å². The Hall–Kier alpha value is -2.63. The quantitative estimate of drug-likeness (QED) is 0.580. The second-order valence-electron chi connectivity index (χ2n) is 7.03. The van der Waals surface area contributed by atoms with E-state index < -0.39 is 15.9 Å². The van der Waals surface area contributed by atoms with E-state index in [2.05, 4.69) is 5.32 Å². The summed E-state index contributed by atoms with van der Waals surface area (Å²) in [5.41, 5.74) is 5.54. The molecule has 31 heavy (non-hydrogen) atoms. The van der Waals surface area contributed by atoms with Crippen molar-refractivity contribution in [2.45, 2.75) is 29.9 Å². The molecule has 2 heterocycles. The molecule has 2 aromatic rings. The molecule has 0 atom stereocenters. The number of nitrogens with zero attached hydrogens (tertiary/aromatic N) is 1. The van der Waals surface area contributed by atoms with Crippen molar-refractivity contribution in [2.24, 2.45) is 5.73 Å². The summed E-state index contributed by atoms with van der Waals surface area (Å²) < 4.78 is 37.8. The fourth-order valence-electron chi connectivity index (χ4n) is 3.20. The number of piperidine rings is 1. The number of primary amides is 1. The normalized spacial score (nSPS) is 14.7. The molecule has 1 aliphatic heterocycles. The van der Waals surface area contributed by atoms with Crippen molar-refractivity contribution in [3.8, 4) is 11.5 Å². The average Bonchev–Trinajstić information content (AvgIpc) is 3.22. The fraction of sp³-hybridized carbons (Fsp3) is 0.400. The largest absolute Gasteiger partial charge is 0.493 e. The summed E-state index contributed by atoms with van der Waals surface area (Å²) in [6.07, 6.45) is 2.81. The van der Waals surface area contributed by atoms with Crippen molar-refractivity contribution in [1.29, 1.82) is 0 Å². The number of methoxy groups -OCH3 is 1. The lowest BCUT2D eigenvalue weighted by molar-refractivity contribution is -0.120. The Morgan fingerprint density at radius 3 is 2.55 bits per heavy atom. The zero-order valence-corrected chi connectivity index (χ0v) is 18.8. The Bertz CT molecular complexity index is 1040. The Labute approximate surface area is 185 Å². The van der Waals surface area contributed by atoms with E-state index in [1.54, 1.807) is 24.3 Å². The predicted octanol–water partition coefficient (Wildman–Crippen LogP) is 1.98. The second kappa shape index (κ2) is 10.1. The molecule has 0 radical (unpaired) electrons. The molecule has 1 saturated heterocycles. The number of anilines is 1. The van der Waals surface area contributed by atoms with E-state index in [0.29, 0.717) is 29.4 Å². The third kappa shape index (κ3) is 5.96. The summed E-state index contributed by atoms with van der Waals surface area (Å²) >= 11 is 1.11. The van der Waals surface area contributed by atoms with Crippen molar-refractivity contribution in [1.82, 2.24) is 4.31 Å². The molecule has 1 aliphatic rings. The smallest absolute Gasteiger partial charge is 0.255 e. The van der Waals surface area contributed by atoms with Gasteiger partial charge in [0.1, 0.15) is 4.21 Å². The number of hydrogen-bond donors (Lipinski definition) is 2. The number of benzene rings is 1. The summed E-state index contributed by atoms with van der Waals surface area (Å²) in [6.45, 7) is 0.749. The molecule has 168 valence electrons. The molecule has 11 heteroatoms. The number of carbonyl (C=O) groups excluding carboxylic acids is 2. The number of sulfonamides is 1. The van der Waals surface area contributed by atoms with Crippen LogP contribution in [0.15, 0.2) is 34.5 Å². The van der Waals surface area contributed by atoms with Gasteiger partial charge in [-0.25, -0.2) is 8.42 Å². The van der Waals surface area contributed by atoms with Crippen LogP contribution in [0.4, 0.5) is 5.69 Å². The van der Waals surface area contributed by atoms with Crippen molar-refractivity contribution in [2.75, 3.05) is 32.1 Å². The summed E-state index contributed by atoms with van der Waals surface area (Å²) in [4.78, 5) is 24.1. The molecule has 2 amide bonds.